The summed E-state index contributed by atoms with van der Waals surface area (Å²) in [4.78, 5) is 27.1. The summed E-state index contributed by atoms with van der Waals surface area (Å²) in [7, 11) is 0. The molecule has 134 valence electrons. The maximum absolute atomic E-state index is 12.6. The average molecular weight is 341 g/mol. The minimum Gasteiger partial charge on any atom is -0.445 e. The standard InChI is InChI=1S/C21H27NO3/c23-20(11-15-7-4-8-15)17-12-18-9-10-19(13-17)22(18)21(24)25-14-16-5-2-1-3-6-16/h1-3,5-6,15,17-19H,4,7-14H2. The van der Waals surface area contributed by atoms with Gasteiger partial charge < -0.3 is 9.64 Å². The van der Waals surface area contributed by atoms with Crippen LogP contribution in [0.2, 0.25) is 0 Å². The number of hydrogen-bond acceptors (Lipinski definition) is 3. The number of carbonyl (C=O) groups is 2. The lowest BCUT2D eigenvalue weighted by molar-refractivity contribution is -0.126. The van der Waals surface area contributed by atoms with Crippen LogP contribution in [0.15, 0.2) is 30.3 Å². The average Bonchev–Trinajstić information content (AvgIpc) is 2.86. The Morgan fingerprint density at radius 2 is 1.68 bits per heavy atom. The molecule has 2 heterocycles. The van der Waals surface area contributed by atoms with Crippen molar-refractivity contribution < 1.29 is 14.3 Å². The summed E-state index contributed by atoms with van der Waals surface area (Å²) in [6.45, 7) is 0.319. The second-order valence-electron chi connectivity index (χ2n) is 7.97. The third kappa shape index (κ3) is 3.58. The van der Waals surface area contributed by atoms with E-state index in [-0.39, 0.29) is 24.1 Å². The van der Waals surface area contributed by atoms with Gasteiger partial charge in [0.15, 0.2) is 0 Å². The van der Waals surface area contributed by atoms with Crippen LogP contribution >= 0.6 is 0 Å². The number of ether oxygens (including phenoxy) is 1. The molecule has 2 saturated heterocycles. The van der Waals surface area contributed by atoms with Gasteiger partial charge in [-0.1, -0.05) is 49.6 Å². The number of nitrogens with zero attached hydrogens (tertiary/aromatic N) is 1. The minimum atomic E-state index is -0.207. The summed E-state index contributed by atoms with van der Waals surface area (Å²) < 4.78 is 5.54. The van der Waals surface area contributed by atoms with Crippen LogP contribution in [0.5, 0.6) is 0 Å². The third-order valence-corrected chi connectivity index (χ3v) is 6.32. The molecule has 3 aliphatic rings. The largest absolute Gasteiger partial charge is 0.445 e. The van der Waals surface area contributed by atoms with Gasteiger partial charge in [-0.3, -0.25) is 4.79 Å². The first kappa shape index (κ1) is 16.6. The van der Waals surface area contributed by atoms with Gasteiger partial charge in [-0.05, 0) is 37.2 Å². The second-order valence-corrected chi connectivity index (χ2v) is 7.97. The number of piperidine rings is 1. The molecule has 0 aromatic heterocycles. The smallest absolute Gasteiger partial charge is 0.410 e. The monoisotopic (exact) mass is 341 g/mol. The number of Topliss-reactive ketones (excluding diaryl/α,β-unsaturated/α-hetero) is 1. The first-order valence-corrected chi connectivity index (χ1v) is 9.72. The van der Waals surface area contributed by atoms with Crippen molar-refractivity contribution in [2.45, 2.75) is 70.1 Å². The van der Waals surface area contributed by atoms with E-state index in [1.807, 2.05) is 35.2 Å². The van der Waals surface area contributed by atoms with E-state index in [9.17, 15) is 9.59 Å². The summed E-state index contributed by atoms with van der Waals surface area (Å²) in [5, 5.41) is 0. The molecular weight excluding hydrogens is 314 g/mol. The molecule has 2 aliphatic heterocycles. The Labute approximate surface area is 149 Å². The molecule has 4 rings (SSSR count). The molecule has 2 unspecified atom stereocenters. The molecule has 3 fully saturated rings. The van der Waals surface area contributed by atoms with Gasteiger partial charge in [0.05, 0.1) is 0 Å². The van der Waals surface area contributed by atoms with Crippen molar-refractivity contribution in [3.63, 3.8) is 0 Å². The summed E-state index contributed by atoms with van der Waals surface area (Å²) in [6, 6.07) is 10.2. The lowest BCUT2D eigenvalue weighted by atomic mass is 9.77. The fourth-order valence-corrected chi connectivity index (χ4v) is 4.68. The highest BCUT2D eigenvalue weighted by Crippen LogP contribution is 2.41. The van der Waals surface area contributed by atoms with Crippen molar-refractivity contribution in [2.24, 2.45) is 11.8 Å². The Kier molecular flexibility index (Phi) is 4.78. The van der Waals surface area contributed by atoms with E-state index in [1.165, 1.54) is 19.3 Å². The molecule has 1 aromatic rings. The molecule has 0 N–H and O–H groups in total. The number of fused-ring (bicyclic) bond motifs is 2. The number of hydrogen-bond donors (Lipinski definition) is 0. The van der Waals surface area contributed by atoms with Crippen LogP contribution in [-0.2, 0) is 16.1 Å². The molecule has 1 amide bonds. The molecule has 4 nitrogen and oxygen atoms in total. The van der Waals surface area contributed by atoms with E-state index in [2.05, 4.69) is 0 Å². The summed E-state index contributed by atoms with van der Waals surface area (Å²) in [5.74, 6) is 1.24. The zero-order valence-corrected chi connectivity index (χ0v) is 14.7. The van der Waals surface area contributed by atoms with Crippen molar-refractivity contribution in [1.82, 2.24) is 4.90 Å². The summed E-state index contributed by atoms with van der Waals surface area (Å²) >= 11 is 0. The number of rotatable bonds is 5. The number of carbonyl (C=O) groups excluding carboxylic acids is 2. The molecule has 0 spiro atoms. The van der Waals surface area contributed by atoms with Crippen molar-refractivity contribution >= 4 is 11.9 Å². The van der Waals surface area contributed by atoms with E-state index in [0.29, 0.717) is 18.3 Å². The van der Waals surface area contributed by atoms with E-state index in [0.717, 1.165) is 37.7 Å². The first-order chi connectivity index (χ1) is 12.2. The SMILES string of the molecule is O=C(CC1CCC1)C1CC2CCC(C1)N2C(=O)OCc1ccccc1. The van der Waals surface area contributed by atoms with Gasteiger partial charge in [0.25, 0.3) is 0 Å². The maximum atomic E-state index is 12.6. The Morgan fingerprint density at radius 1 is 1.00 bits per heavy atom. The Morgan fingerprint density at radius 3 is 2.28 bits per heavy atom. The highest BCUT2D eigenvalue weighted by Gasteiger charge is 2.46. The van der Waals surface area contributed by atoms with Crippen LogP contribution in [0.4, 0.5) is 4.79 Å². The normalized spacial score (nSPS) is 28.5. The fraction of sp³-hybridized carbons (Fsp3) is 0.619. The third-order valence-electron chi connectivity index (χ3n) is 6.32. The quantitative estimate of drug-likeness (QED) is 0.801. The lowest BCUT2D eigenvalue weighted by Crippen LogP contribution is -2.48. The van der Waals surface area contributed by atoms with Crippen molar-refractivity contribution in [2.75, 3.05) is 0 Å². The molecule has 4 heteroatoms. The molecule has 1 aliphatic carbocycles. The van der Waals surface area contributed by atoms with Gasteiger partial charge in [0, 0.05) is 24.4 Å². The van der Waals surface area contributed by atoms with Crippen molar-refractivity contribution in [3.05, 3.63) is 35.9 Å². The van der Waals surface area contributed by atoms with Gasteiger partial charge >= 0.3 is 6.09 Å². The Bertz CT molecular complexity index is 611. The maximum Gasteiger partial charge on any atom is 0.410 e. The van der Waals surface area contributed by atoms with E-state index in [1.54, 1.807) is 0 Å². The predicted octanol–water partition coefficient (Wildman–Crippen LogP) is 4.33. The van der Waals surface area contributed by atoms with E-state index in [4.69, 9.17) is 4.74 Å². The Hall–Kier alpha value is -1.84. The zero-order valence-electron chi connectivity index (χ0n) is 14.7. The van der Waals surface area contributed by atoms with Gasteiger partial charge in [0.2, 0.25) is 0 Å². The van der Waals surface area contributed by atoms with Gasteiger partial charge in [-0.15, -0.1) is 0 Å². The number of benzene rings is 1. The van der Waals surface area contributed by atoms with Crippen LogP contribution < -0.4 is 0 Å². The molecule has 25 heavy (non-hydrogen) atoms. The molecule has 0 radical (unpaired) electrons. The zero-order chi connectivity index (χ0) is 17.2. The summed E-state index contributed by atoms with van der Waals surface area (Å²) in [5.41, 5.74) is 1.01. The van der Waals surface area contributed by atoms with Crippen molar-refractivity contribution in [3.8, 4) is 0 Å². The van der Waals surface area contributed by atoms with Crippen molar-refractivity contribution in [1.29, 1.82) is 0 Å². The predicted molar refractivity (Wildman–Crippen MR) is 95.0 cm³/mol. The molecule has 1 aromatic carbocycles. The lowest BCUT2D eigenvalue weighted by Gasteiger charge is -2.38. The Balaban J connectivity index is 1.32. The summed E-state index contributed by atoms with van der Waals surface area (Å²) in [6.07, 6.45) is 7.99. The van der Waals surface area contributed by atoms with E-state index < -0.39 is 0 Å². The molecule has 2 atom stereocenters. The second kappa shape index (κ2) is 7.19. The minimum absolute atomic E-state index is 0.163. The van der Waals surface area contributed by atoms with E-state index >= 15 is 0 Å². The highest BCUT2D eigenvalue weighted by molar-refractivity contribution is 5.82. The first-order valence-electron chi connectivity index (χ1n) is 9.72. The van der Waals surface area contributed by atoms with Gasteiger partial charge in [-0.25, -0.2) is 4.79 Å². The molecule has 2 bridgehead atoms. The van der Waals surface area contributed by atoms with Gasteiger partial charge in [-0.2, -0.15) is 0 Å². The molecular formula is C21H27NO3. The molecule has 1 saturated carbocycles. The van der Waals surface area contributed by atoms with Gasteiger partial charge in [0.1, 0.15) is 12.4 Å². The topological polar surface area (TPSA) is 46.6 Å². The van der Waals surface area contributed by atoms with Crippen LogP contribution in [-0.4, -0.2) is 28.9 Å². The number of amides is 1. The van der Waals surface area contributed by atoms with Crippen LogP contribution in [0.1, 0.15) is 56.9 Å². The van der Waals surface area contributed by atoms with Crippen LogP contribution in [0.25, 0.3) is 0 Å². The van der Waals surface area contributed by atoms with Crippen LogP contribution in [0.3, 0.4) is 0 Å². The highest BCUT2D eigenvalue weighted by atomic mass is 16.6. The van der Waals surface area contributed by atoms with Crippen LogP contribution in [0, 0.1) is 11.8 Å². The number of ketones is 1. The fourth-order valence-electron chi connectivity index (χ4n) is 4.68.